The van der Waals surface area contributed by atoms with E-state index in [0.717, 1.165) is 30.4 Å². The Morgan fingerprint density at radius 2 is 2.00 bits per heavy atom. The van der Waals surface area contributed by atoms with Crippen LogP contribution in [0.2, 0.25) is 0 Å². The highest BCUT2D eigenvalue weighted by Crippen LogP contribution is 2.22. The number of aryl methyl sites for hydroxylation is 1. The van der Waals surface area contributed by atoms with E-state index < -0.39 is 0 Å². The highest BCUT2D eigenvalue weighted by Gasteiger charge is 2.30. The maximum absolute atomic E-state index is 5.91. The summed E-state index contributed by atoms with van der Waals surface area (Å²) in [4.78, 5) is 13.9. The molecule has 0 aliphatic carbocycles. The van der Waals surface area contributed by atoms with Crippen molar-refractivity contribution < 1.29 is 4.42 Å². The molecule has 0 spiro atoms. The zero-order valence-corrected chi connectivity index (χ0v) is 16.3. The van der Waals surface area contributed by atoms with Gasteiger partial charge in [0.25, 0.3) is 0 Å². The first kappa shape index (κ1) is 18.0. The zero-order chi connectivity index (χ0) is 18.6. The van der Waals surface area contributed by atoms with Gasteiger partial charge in [-0.25, -0.2) is 4.98 Å². The van der Waals surface area contributed by atoms with Gasteiger partial charge in [0.2, 0.25) is 5.89 Å². The van der Waals surface area contributed by atoms with E-state index in [2.05, 4.69) is 56.3 Å². The lowest BCUT2D eigenvalue weighted by Crippen LogP contribution is -2.42. The minimum Gasteiger partial charge on any atom is -0.439 e. The van der Waals surface area contributed by atoms with E-state index in [0.29, 0.717) is 18.5 Å². The molecule has 4 rings (SSSR count). The second kappa shape index (κ2) is 8.13. The highest BCUT2D eigenvalue weighted by atomic mass is 16.4. The standard InChI is InChI=1S/C21H29N5O/c1-16-5-7-17(8-6-16)19-13-23-20(27-19)14-24-21(22-2)26-12-9-18(15-26)25-10-3-4-11-25/h5-8,13,18H,3-4,9-12,14-15H2,1-2H3,(H,22,24). The Labute approximate surface area is 161 Å². The molecule has 2 aliphatic heterocycles. The van der Waals surface area contributed by atoms with Crippen molar-refractivity contribution in [3.05, 3.63) is 41.9 Å². The third-order valence-corrected chi connectivity index (χ3v) is 5.62. The zero-order valence-electron chi connectivity index (χ0n) is 16.3. The normalized spacial score (nSPS) is 21.2. The summed E-state index contributed by atoms with van der Waals surface area (Å²) in [6.07, 6.45) is 5.70. The third-order valence-electron chi connectivity index (χ3n) is 5.62. The van der Waals surface area contributed by atoms with Crippen molar-refractivity contribution in [2.24, 2.45) is 4.99 Å². The Hall–Kier alpha value is -2.34. The first-order chi connectivity index (χ1) is 13.2. The molecule has 1 aromatic carbocycles. The predicted molar refractivity (Wildman–Crippen MR) is 108 cm³/mol. The molecule has 3 heterocycles. The minimum absolute atomic E-state index is 0.545. The summed E-state index contributed by atoms with van der Waals surface area (Å²) in [5, 5.41) is 3.41. The maximum atomic E-state index is 5.91. The number of rotatable bonds is 4. The van der Waals surface area contributed by atoms with E-state index in [1.165, 1.54) is 37.9 Å². The Balaban J connectivity index is 1.33. The summed E-state index contributed by atoms with van der Waals surface area (Å²) < 4.78 is 5.91. The third kappa shape index (κ3) is 4.16. The van der Waals surface area contributed by atoms with E-state index in [1.54, 1.807) is 6.20 Å². The molecule has 1 atom stereocenters. The van der Waals surface area contributed by atoms with Crippen molar-refractivity contribution in [2.75, 3.05) is 33.2 Å². The predicted octanol–water partition coefficient (Wildman–Crippen LogP) is 2.90. The van der Waals surface area contributed by atoms with E-state index in [1.807, 2.05) is 7.05 Å². The van der Waals surface area contributed by atoms with Gasteiger partial charge < -0.3 is 14.6 Å². The fourth-order valence-corrected chi connectivity index (χ4v) is 4.07. The Bertz CT molecular complexity index is 776. The van der Waals surface area contributed by atoms with Gasteiger partial charge in [-0.15, -0.1) is 0 Å². The first-order valence-electron chi connectivity index (χ1n) is 9.94. The number of hydrogen-bond acceptors (Lipinski definition) is 4. The molecule has 0 bridgehead atoms. The average molecular weight is 367 g/mol. The number of hydrogen-bond donors (Lipinski definition) is 1. The SMILES string of the molecule is CN=C(NCc1ncc(-c2ccc(C)cc2)o1)N1CCC(N2CCCC2)C1. The van der Waals surface area contributed by atoms with Crippen molar-refractivity contribution in [3.8, 4) is 11.3 Å². The van der Waals surface area contributed by atoms with Gasteiger partial charge in [0.05, 0.1) is 12.7 Å². The van der Waals surface area contributed by atoms with Crippen LogP contribution in [-0.2, 0) is 6.54 Å². The summed E-state index contributed by atoms with van der Waals surface area (Å²) in [5.74, 6) is 2.42. The first-order valence-corrected chi connectivity index (χ1v) is 9.94. The number of oxazole rings is 1. The quantitative estimate of drug-likeness (QED) is 0.665. The Morgan fingerprint density at radius 1 is 1.22 bits per heavy atom. The van der Waals surface area contributed by atoms with Crippen molar-refractivity contribution in [2.45, 2.75) is 38.8 Å². The second-order valence-corrected chi connectivity index (χ2v) is 7.52. The molecule has 0 saturated carbocycles. The summed E-state index contributed by atoms with van der Waals surface area (Å²) >= 11 is 0. The van der Waals surface area contributed by atoms with Gasteiger partial charge in [-0.1, -0.05) is 29.8 Å². The smallest absolute Gasteiger partial charge is 0.214 e. The van der Waals surface area contributed by atoms with Crippen LogP contribution in [0.15, 0.2) is 39.9 Å². The fraction of sp³-hybridized carbons (Fsp3) is 0.524. The van der Waals surface area contributed by atoms with Crippen LogP contribution in [-0.4, -0.2) is 60.0 Å². The van der Waals surface area contributed by atoms with Crippen LogP contribution in [0.4, 0.5) is 0 Å². The molecule has 2 aromatic rings. The van der Waals surface area contributed by atoms with E-state index in [9.17, 15) is 0 Å². The number of aliphatic imine (C=N–C) groups is 1. The lowest BCUT2D eigenvalue weighted by Gasteiger charge is -2.25. The molecule has 2 saturated heterocycles. The molecule has 2 aliphatic rings. The molecule has 0 amide bonds. The summed E-state index contributed by atoms with van der Waals surface area (Å²) in [6, 6.07) is 8.97. The topological polar surface area (TPSA) is 56.9 Å². The van der Waals surface area contributed by atoms with Gasteiger partial charge in [0.15, 0.2) is 11.7 Å². The van der Waals surface area contributed by atoms with Crippen LogP contribution in [0.5, 0.6) is 0 Å². The van der Waals surface area contributed by atoms with Crippen LogP contribution in [0, 0.1) is 6.92 Å². The van der Waals surface area contributed by atoms with Crippen LogP contribution in [0.1, 0.15) is 30.7 Å². The number of nitrogens with zero attached hydrogens (tertiary/aromatic N) is 4. The van der Waals surface area contributed by atoms with Crippen LogP contribution in [0.3, 0.4) is 0 Å². The molecule has 0 radical (unpaired) electrons. The molecule has 6 heteroatoms. The molecule has 144 valence electrons. The number of nitrogens with one attached hydrogen (secondary N) is 1. The number of guanidine groups is 1. The van der Waals surface area contributed by atoms with Crippen LogP contribution < -0.4 is 5.32 Å². The van der Waals surface area contributed by atoms with Crippen LogP contribution in [0.25, 0.3) is 11.3 Å². The Morgan fingerprint density at radius 3 is 2.74 bits per heavy atom. The van der Waals surface area contributed by atoms with Crippen molar-refractivity contribution in [3.63, 3.8) is 0 Å². The van der Waals surface area contributed by atoms with Gasteiger partial charge in [-0.05, 0) is 39.3 Å². The summed E-state index contributed by atoms with van der Waals surface area (Å²) in [5.41, 5.74) is 2.29. The molecule has 27 heavy (non-hydrogen) atoms. The average Bonchev–Trinajstić information content (AvgIpc) is 3.44. The molecule has 1 unspecified atom stereocenters. The number of benzene rings is 1. The second-order valence-electron chi connectivity index (χ2n) is 7.52. The number of likely N-dealkylation sites (tertiary alicyclic amines) is 2. The molecule has 1 aromatic heterocycles. The van der Waals surface area contributed by atoms with Crippen molar-refractivity contribution in [1.29, 1.82) is 0 Å². The largest absolute Gasteiger partial charge is 0.439 e. The van der Waals surface area contributed by atoms with Crippen molar-refractivity contribution >= 4 is 5.96 Å². The molecule has 1 N–H and O–H groups in total. The monoisotopic (exact) mass is 367 g/mol. The van der Waals surface area contributed by atoms with Gasteiger partial charge in [-0.2, -0.15) is 0 Å². The van der Waals surface area contributed by atoms with E-state index >= 15 is 0 Å². The summed E-state index contributed by atoms with van der Waals surface area (Å²) in [6.45, 7) is 7.24. The van der Waals surface area contributed by atoms with Gasteiger partial charge in [-0.3, -0.25) is 9.89 Å². The molecular formula is C21H29N5O. The van der Waals surface area contributed by atoms with Gasteiger partial charge in [0, 0.05) is 31.7 Å². The molecular weight excluding hydrogens is 338 g/mol. The van der Waals surface area contributed by atoms with E-state index in [4.69, 9.17) is 4.42 Å². The number of aromatic nitrogens is 1. The van der Waals surface area contributed by atoms with Gasteiger partial charge >= 0.3 is 0 Å². The lowest BCUT2D eigenvalue weighted by molar-refractivity contribution is 0.249. The lowest BCUT2D eigenvalue weighted by atomic mass is 10.1. The molecule has 2 fully saturated rings. The minimum atomic E-state index is 0.545. The fourth-order valence-electron chi connectivity index (χ4n) is 4.07. The Kier molecular flexibility index (Phi) is 5.43. The maximum Gasteiger partial charge on any atom is 0.214 e. The molecule has 6 nitrogen and oxygen atoms in total. The van der Waals surface area contributed by atoms with E-state index in [-0.39, 0.29) is 0 Å². The van der Waals surface area contributed by atoms with Gasteiger partial charge in [0.1, 0.15) is 0 Å². The van der Waals surface area contributed by atoms with Crippen molar-refractivity contribution in [1.82, 2.24) is 20.1 Å². The summed E-state index contributed by atoms with van der Waals surface area (Å²) in [7, 11) is 1.85. The highest BCUT2D eigenvalue weighted by molar-refractivity contribution is 5.80. The van der Waals surface area contributed by atoms with Crippen LogP contribution >= 0.6 is 0 Å².